The van der Waals surface area contributed by atoms with E-state index in [9.17, 15) is 0 Å². The number of thiophene rings is 1. The first-order valence-corrected chi connectivity index (χ1v) is 8.19. The van der Waals surface area contributed by atoms with Gasteiger partial charge < -0.3 is 5.32 Å². The van der Waals surface area contributed by atoms with Gasteiger partial charge in [-0.05, 0) is 37.2 Å². The van der Waals surface area contributed by atoms with Crippen LogP contribution in [0.25, 0.3) is 16.5 Å². The number of benzene rings is 1. The number of hydrogen-bond donors (Lipinski definition) is 1. The lowest BCUT2D eigenvalue weighted by Gasteiger charge is -2.04. The maximum Gasteiger partial charge on any atom is 0.0492 e. The summed E-state index contributed by atoms with van der Waals surface area (Å²) in [6, 6.07) is 12.3. The van der Waals surface area contributed by atoms with E-state index < -0.39 is 0 Å². The van der Waals surface area contributed by atoms with E-state index in [0.717, 1.165) is 30.1 Å². The molecule has 0 radical (unpaired) electrons. The standard InChI is InChI=1S/C17H20ClNS/c1-3-13(12-19-4-2)11-14-9-10-17(20-14)15-7-5-6-8-16(15)18/h5-11,19H,3-4,12H2,1-2H3. The Morgan fingerprint density at radius 1 is 1.20 bits per heavy atom. The molecule has 1 aromatic carbocycles. The predicted molar refractivity (Wildman–Crippen MR) is 91.6 cm³/mol. The maximum atomic E-state index is 6.25. The van der Waals surface area contributed by atoms with Crippen molar-refractivity contribution >= 4 is 29.0 Å². The van der Waals surface area contributed by atoms with Crippen molar-refractivity contribution in [2.24, 2.45) is 0 Å². The summed E-state index contributed by atoms with van der Waals surface area (Å²) in [7, 11) is 0. The summed E-state index contributed by atoms with van der Waals surface area (Å²) in [5.41, 5.74) is 2.54. The SMILES string of the molecule is CCNCC(=Cc1ccc(-c2ccccc2Cl)s1)CC. The zero-order valence-electron chi connectivity index (χ0n) is 11.9. The second-order valence-electron chi connectivity index (χ2n) is 4.62. The van der Waals surface area contributed by atoms with Crippen LogP contribution in [0.1, 0.15) is 25.1 Å². The molecule has 2 aromatic rings. The molecule has 0 amide bonds. The summed E-state index contributed by atoms with van der Waals surface area (Å²) in [5.74, 6) is 0. The van der Waals surface area contributed by atoms with Crippen LogP contribution in [0.15, 0.2) is 42.0 Å². The van der Waals surface area contributed by atoms with Gasteiger partial charge in [-0.2, -0.15) is 0 Å². The molecule has 1 N–H and O–H groups in total. The topological polar surface area (TPSA) is 12.0 Å². The second kappa shape index (κ2) is 7.63. The van der Waals surface area contributed by atoms with Crippen LogP contribution in [0.3, 0.4) is 0 Å². The number of hydrogen-bond acceptors (Lipinski definition) is 2. The summed E-state index contributed by atoms with van der Waals surface area (Å²) in [4.78, 5) is 2.51. The Morgan fingerprint density at radius 3 is 2.70 bits per heavy atom. The highest BCUT2D eigenvalue weighted by Gasteiger charge is 2.05. The Hall–Kier alpha value is -1.09. The van der Waals surface area contributed by atoms with E-state index in [-0.39, 0.29) is 0 Å². The van der Waals surface area contributed by atoms with Gasteiger partial charge in [0.05, 0.1) is 0 Å². The van der Waals surface area contributed by atoms with E-state index in [1.807, 2.05) is 18.2 Å². The third kappa shape index (κ3) is 3.95. The van der Waals surface area contributed by atoms with E-state index >= 15 is 0 Å². The fourth-order valence-electron chi connectivity index (χ4n) is 2.00. The molecular weight excluding hydrogens is 286 g/mol. The summed E-state index contributed by atoms with van der Waals surface area (Å²) < 4.78 is 0. The van der Waals surface area contributed by atoms with Crippen LogP contribution >= 0.6 is 22.9 Å². The largest absolute Gasteiger partial charge is 0.313 e. The van der Waals surface area contributed by atoms with Gasteiger partial charge >= 0.3 is 0 Å². The molecule has 0 aliphatic rings. The molecule has 0 atom stereocenters. The Kier molecular flexibility index (Phi) is 5.84. The highest BCUT2D eigenvalue weighted by atomic mass is 35.5. The second-order valence-corrected chi connectivity index (χ2v) is 6.14. The molecule has 2 rings (SSSR count). The van der Waals surface area contributed by atoms with Crippen molar-refractivity contribution in [3.63, 3.8) is 0 Å². The Labute approximate surface area is 130 Å². The van der Waals surface area contributed by atoms with Gasteiger partial charge in [0.2, 0.25) is 0 Å². The number of halogens is 1. The molecule has 0 aliphatic heterocycles. The summed E-state index contributed by atoms with van der Waals surface area (Å²) in [5, 5.41) is 4.20. The van der Waals surface area contributed by atoms with E-state index in [2.05, 4.69) is 43.4 Å². The lowest BCUT2D eigenvalue weighted by atomic mass is 10.1. The summed E-state index contributed by atoms with van der Waals surface area (Å²) in [6.07, 6.45) is 3.36. The average Bonchev–Trinajstić information content (AvgIpc) is 2.92. The van der Waals surface area contributed by atoms with Crippen LogP contribution in [0.2, 0.25) is 5.02 Å². The van der Waals surface area contributed by atoms with Gasteiger partial charge in [-0.25, -0.2) is 0 Å². The van der Waals surface area contributed by atoms with Crippen LogP contribution in [0, 0.1) is 0 Å². The molecule has 20 heavy (non-hydrogen) atoms. The molecule has 1 nitrogen and oxygen atoms in total. The fourth-order valence-corrected chi connectivity index (χ4v) is 3.33. The molecule has 0 fully saturated rings. The van der Waals surface area contributed by atoms with E-state index in [4.69, 9.17) is 11.6 Å². The Bertz CT molecular complexity index is 586. The highest BCUT2D eigenvalue weighted by molar-refractivity contribution is 7.16. The van der Waals surface area contributed by atoms with Crippen molar-refractivity contribution in [2.75, 3.05) is 13.1 Å². The molecule has 0 bridgehead atoms. The third-order valence-electron chi connectivity index (χ3n) is 3.17. The molecule has 0 unspecified atom stereocenters. The van der Waals surface area contributed by atoms with E-state index in [0.29, 0.717) is 0 Å². The molecule has 106 valence electrons. The van der Waals surface area contributed by atoms with Crippen molar-refractivity contribution < 1.29 is 0 Å². The lowest BCUT2D eigenvalue weighted by molar-refractivity contribution is 0.762. The van der Waals surface area contributed by atoms with Gasteiger partial charge in [-0.3, -0.25) is 0 Å². The highest BCUT2D eigenvalue weighted by Crippen LogP contribution is 2.34. The van der Waals surface area contributed by atoms with Crippen LogP contribution in [0.5, 0.6) is 0 Å². The number of rotatable bonds is 6. The monoisotopic (exact) mass is 305 g/mol. The van der Waals surface area contributed by atoms with Gasteiger partial charge in [-0.1, -0.05) is 49.2 Å². The fraction of sp³-hybridized carbons (Fsp3) is 0.294. The van der Waals surface area contributed by atoms with Gasteiger partial charge in [0.25, 0.3) is 0 Å². The predicted octanol–water partition coefficient (Wildman–Crippen LogP) is 5.47. The van der Waals surface area contributed by atoms with Crippen molar-refractivity contribution in [3.8, 4) is 10.4 Å². The third-order valence-corrected chi connectivity index (χ3v) is 4.56. The summed E-state index contributed by atoms with van der Waals surface area (Å²) in [6.45, 7) is 6.30. The molecule has 1 aromatic heterocycles. The smallest absolute Gasteiger partial charge is 0.0492 e. The minimum Gasteiger partial charge on any atom is -0.313 e. The zero-order valence-corrected chi connectivity index (χ0v) is 13.5. The van der Waals surface area contributed by atoms with Crippen molar-refractivity contribution in [1.82, 2.24) is 5.32 Å². The minimum atomic E-state index is 0.813. The molecular formula is C17H20ClNS. The first kappa shape index (κ1) is 15.3. The van der Waals surface area contributed by atoms with E-state index in [1.165, 1.54) is 15.3 Å². The quantitative estimate of drug-likeness (QED) is 0.746. The van der Waals surface area contributed by atoms with Crippen LogP contribution in [-0.2, 0) is 0 Å². The Morgan fingerprint density at radius 2 is 2.00 bits per heavy atom. The molecule has 0 spiro atoms. The van der Waals surface area contributed by atoms with Crippen LogP contribution < -0.4 is 5.32 Å². The Balaban J connectivity index is 2.20. The van der Waals surface area contributed by atoms with Crippen molar-refractivity contribution in [1.29, 1.82) is 0 Å². The first-order valence-electron chi connectivity index (χ1n) is 6.99. The normalized spacial score (nSPS) is 11.8. The van der Waals surface area contributed by atoms with Gasteiger partial charge in [0.1, 0.15) is 0 Å². The average molecular weight is 306 g/mol. The number of likely N-dealkylation sites (N-methyl/N-ethyl adjacent to an activating group) is 1. The molecule has 0 saturated carbocycles. The number of nitrogens with one attached hydrogen (secondary N) is 1. The minimum absolute atomic E-state index is 0.813. The lowest BCUT2D eigenvalue weighted by Crippen LogP contribution is -2.15. The van der Waals surface area contributed by atoms with E-state index in [1.54, 1.807) is 11.3 Å². The molecule has 1 heterocycles. The maximum absolute atomic E-state index is 6.25. The first-order chi connectivity index (χ1) is 9.74. The van der Waals surface area contributed by atoms with Crippen molar-refractivity contribution in [2.45, 2.75) is 20.3 Å². The zero-order chi connectivity index (χ0) is 14.4. The molecule has 0 aliphatic carbocycles. The molecule has 3 heteroatoms. The van der Waals surface area contributed by atoms with Crippen molar-refractivity contribution in [3.05, 3.63) is 51.9 Å². The summed E-state index contributed by atoms with van der Waals surface area (Å²) >= 11 is 8.04. The van der Waals surface area contributed by atoms with Gasteiger partial charge in [0, 0.05) is 26.9 Å². The molecule has 0 saturated heterocycles. The van der Waals surface area contributed by atoms with Gasteiger partial charge in [0.15, 0.2) is 0 Å². The van der Waals surface area contributed by atoms with Gasteiger partial charge in [-0.15, -0.1) is 11.3 Å². The van der Waals surface area contributed by atoms with Crippen LogP contribution in [-0.4, -0.2) is 13.1 Å². The van der Waals surface area contributed by atoms with Crippen LogP contribution in [0.4, 0.5) is 0 Å².